The number of piperazine rings is 1. The SMILES string of the molecule is CC(Oc1cc(-c2ccc(C(=O)NN3CCN(C)CC3)cc2)cnc1N)c1cccc(F)c1C(F)(F)F. The number of hydrazine groups is 1. The average molecular weight is 518 g/mol. The number of anilines is 1. The minimum atomic E-state index is -4.89. The summed E-state index contributed by atoms with van der Waals surface area (Å²) >= 11 is 0. The van der Waals surface area contributed by atoms with Gasteiger partial charge in [0.25, 0.3) is 5.91 Å². The van der Waals surface area contributed by atoms with Crippen LogP contribution in [0.25, 0.3) is 11.1 Å². The summed E-state index contributed by atoms with van der Waals surface area (Å²) in [4.78, 5) is 18.9. The van der Waals surface area contributed by atoms with Crippen molar-refractivity contribution in [1.82, 2.24) is 20.3 Å². The zero-order valence-corrected chi connectivity index (χ0v) is 20.3. The Labute approximate surface area is 211 Å². The highest BCUT2D eigenvalue weighted by molar-refractivity contribution is 5.94. The minimum Gasteiger partial charge on any atom is -0.482 e. The van der Waals surface area contributed by atoms with Crippen LogP contribution in [0.1, 0.15) is 34.5 Å². The van der Waals surface area contributed by atoms with Gasteiger partial charge in [0, 0.05) is 49.1 Å². The maximum absolute atomic E-state index is 14.0. The fraction of sp³-hybridized carbons (Fsp3) is 0.308. The maximum Gasteiger partial charge on any atom is 0.419 e. The Balaban J connectivity index is 1.50. The number of nitrogens with zero attached hydrogens (tertiary/aromatic N) is 3. The van der Waals surface area contributed by atoms with E-state index in [1.165, 1.54) is 19.2 Å². The van der Waals surface area contributed by atoms with Crippen LogP contribution in [0.5, 0.6) is 5.75 Å². The van der Waals surface area contributed by atoms with Gasteiger partial charge in [0.1, 0.15) is 11.9 Å². The Kier molecular flexibility index (Phi) is 7.65. The molecule has 1 saturated heterocycles. The van der Waals surface area contributed by atoms with Gasteiger partial charge in [-0.15, -0.1) is 0 Å². The number of hydrogen-bond acceptors (Lipinski definition) is 6. The predicted octanol–water partition coefficient (Wildman–Crippen LogP) is 4.52. The highest BCUT2D eigenvalue weighted by Crippen LogP contribution is 2.38. The highest BCUT2D eigenvalue weighted by Gasteiger charge is 2.38. The lowest BCUT2D eigenvalue weighted by molar-refractivity contribution is -0.141. The molecule has 0 saturated carbocycles. The second-order valence-corrected chi connectivity index (χ2v) is 8.88. The summed E-state index contributed by atoms with van der Waals surface area (Å²) in [7, 11) is 2.03. The van der Waals surface area contributed by atoms with E-state index >= 15 is 0 Å². The molecule has 3 aromatic rings. The number of halogens is 4. The molecule has 1 aliphatic heterocycles. The van der Waals surface area contributed by atoms with Crippen LogP contribution < -0.4 is 15.9 Å². The second kappa shape index (κ2) is 10.7. The third-order valence-electron chi connectivity index (χ3n) is 6.20. The summed E-state index contributed by atoms with van der Waals surface area (Å²) in [5.41, 5.74) is 8.84. The molecule has 1 aliphatic rings. The number of aromatic nitrogens is 1. The van der Waals surface area contributed by atoms with Crippen LogP contribution in [-0.4, -0.2) is 54.0 Å². The van der Waals surface area contributed by atoms with E-state index in [2.05, 4.69) is 15.3 Å². The first-order valence-corrected chi connectivity index (χ1v) is 11.7. The molecule has 0 radical (unpaired) electrons. The lowest BCUT2D eigenvalue weighted by Gasteiger charge is -2.32. The molecule has 2 aromatic carbocycles. The number of pyridine rings is 1. The molecule has 4 rings (SSSR count). The van der Waals surface area contributed by atoms with Crippen LogP contribution in [0.2, 0.25) is 0 Å². The molecule has 7 nitrogen and oxygen atoms in total. The van der Waals surface area contributed by atoms with Gasteiger partial charge in [-0.2, -0.15) is 13.2 Å². The van der Waals surface area contributed by atoms with E-state index in [4.69, 9.17) is 10.5 Å². The van der Waals surface area contributed by atoms with Gasteiger partial charge >= 0.3 is 6.18 Å². The van der Waals surface area contributed by atoms with Crippen molar-refractivity contribution in [2.24, 2.45) is 0 Å². The van der Waals surface area contributed by atoms with Gasteiger partial charge in [-0.3, -0.25) is 10.2 Å². The van der Waals surface area contributed by atoms with Crippen molar-refractivity contribution < 1.29 is 27.1 Å². The number of hydrogen-bond donors (Lipinski definition) is 2. The number of nitrogen functional groups attached to an aromatic ring is 1. The molecular weight excluding hydrogens is 490 g/mol. The molecule has 1 amide bonds. The van der Waals surface area contributed by atoms with Crippen molar-refractivity contribution >= 4 is 11.7 Å². The Morgan fingerprint density at radius 3 is 2.41 bits per heavy atom. The van der Waals surface area contributed by atoms with Crippen molar-refractivity contribution in [3.63, 3.8) is 0 Å². The zero-order valence-electron chi connectivity index (χ0n) is 20.3. The number of carbonyl (C=O) groups excluding carboxylic acids is 1. The molecule has 0 spiro atoms. The van der Waals surface area contributed by atoms with Crippen molar-refractivity contribution in [3.8, 4) is 16.9 Å². The third-order valence-corrected chi connectivity index (χ3v) is 6.20. The lowest BCUT2D eigenvalue weighted by atomic mass is 10.0. The molecule has 1 aromatic heterocycles. The van der Waals surface area contributed by atoms with E-state index in [1.54, 1.807) is 30.3 Å². The maximum atomic E-state index is 14.0. The van der Waals surface area contributed by atoms with Crippen LogP contribution in [-0.2, 0) is 6.18 Å². The number of ether oxygens (including phenoxy) is 1. The average Bonchev–Trinajstić information content (AvgIpc) is 2.86. The van der Waals surface area contributed by atoms with Gasteiger partial charge in [0.05, 0.1) is 5.56 Å². The van der Waals surface area contributed by atoms with Crippen LogP contribution >= 0.6 is 0 Å². The number of amides is 1. The second-order valence-electron chi connectivity index (χ2n) is 8.88. The highest BCUT2D eigenvalue weighted by atomic mass is 19.4. The smallest absolute Gasteiger partial charge is 0.419 e. The fourth-order valence-electron chi connectivity index (χ4n) is 4.08. The molecule has 196 valence electrons. The van der Waals surface area contributed by atoms with E-state index in [9.17, 15) is 22.4 Å². The molecule has 1 fully saturated rings. The number of rotatable bonds is 6. The number of carbonyl (C=O) groups is 1. The summed E-state index contributed by atoms with van der Waals surface area (Å²) in [5, 5.41) is 1.88. The Morgan fingerprint density at radius 1 is 1.08 bits per heavy atom. The van der Waals surface area contributed by atoms with Gasteiger partial charge in [-0.05, 0) is 43.8 Å². The lowest BCUT2D eigenvalue weighted by Crippen LogP contribution is -2.52. The van der Waals surface area contributed by atoms with Gasteiger partial charge in [0.15, 0.2) is 11.6 Å². The normalized spacial score (nSPS) is 15.8. The van der Waals surface area contributed by atoms with Crippen LogP contribution in [0, 0.1) is 5.82 Å². The molecule has 3 N–H and O–H groups in total. The zero-order chi connectivity index (χ0) is 26.7. The monoisotopic (exact) mass is 517 g/mol. The summed E-state index contributed by atoms with van der Waals surface area (Å²) < 4.78 is 60.0. The Bertz CT molecular complexity index is 1260. The quantitative estimate of drug-likeness (QED) is 0.468. The van der Waals surface area contributed by atoms with Gasteiger partial charge in [-0.25, -0.2) is 14.4 Å². The molecule has 0 bridgehead atoms. The van der Waals surface area contributed by atoms with E-state index in [0.717, 1.165) is 38.3 Å². The van der Waals surface area contributed by atoms with Crippen LogP contribution in [0.3, 0.4) is 0 Å². The van der Waals surface area contributed by atoms with Crippen LogP contribution in [0.4, 0.5) is 23.4 Å². The number of likely N-dealkylation sites (N-methyl/N-ethyl adjacent to an activating group) is 1. The van der Waals surface area contributed by atoms with Gasteiger partial charge < -0.3 is 15.4 Å². The fourth-order valence-corrected chi connectivity index (χ4v) is 4.08. The third kappa shape index (κ3) is 6.17. The molecule has 11 heteroatoms. The summed E-state index contributed by atoms with van der Waals surface area (Å²) in [6, 6.07) is 11.5. The minimum absolute atomic E-state index is 0.0243. The molecule has 2 heterocycles. The largest absolute Gasteiger partial charge is 0.482 e. The summed E-state index contributed by atoms with van der Waals surface area (Å²) in [6.45, 7) is 4.58. The topological polar surface area (TPSA) is 83.7 Å². The van der Waals surface area contributed by atoms with E-state index in [0.29, 0.717) is 16.7 Å². The summed E-state index contributed by atoms with van der Waals surface area (Å²) in [6.07, 6.45) is -4.55. The number of benzene rings is 2. The Morgan fingerprint density at radius 2 is 1.76 bits per heavy atom. The number of alkyl halides is 3. The molecule has 37 heavy (non-hydrogen) atoms. The van der Waals surface area contributed by atoms with Gasteiger partial charge in [0.2, 0.25) is 0 Å². The first kappa shape index (κ1) is 26.4. The van der Waals surface area contributed by atoms with E-state index in [1.807, 2.05) is 12.1 Å². The molecular formula is C26H27F4N5O2. The first-order chi connectivity index (χ1) is 17.5. The van der Waals surface area contributed by atoms with Gasteiger partial charge in [-0.1, -0.05) is 24.3 Å². The number of nitrogens with two attached hydrogens (primary N) is 1. The van der Waals surface area contributed by atoms with E-state index < -0.39 is 23.7 Å². The first-order valence-electron chi connectivity index (χ1n) is 11.7. The van der Waals surface area contributed by atoms with Crippen molar-refractivity contribution in [2.75, 3.05) is 39.0 Å². The van der Waals surface area contributed by atoms with Crippen molar-refractivity contribution in [2.45, 2.75) is 19.2 Å². The van der Waals surface area contributed by atoms with E-state index in [-0.39, 0.29) is 23.0 Å². The standard InChI is InChI=1S/C26H27F4N5O2/c1-16(20-4-3-5-21(27)23(20)26(28,29)30)37-22-14-19(15-32-24(22)31)17-6-8-18(9-7-17)25(36)33-35-12-10-34(2)11-13-35/h3-9,14-16H,10-13H2,1-2H3,(H2,31,32)(H,33,36). The Hall–Kier alpha value is -3.70. The molecule has 0 aliphatic carbocycles. The summed E-state index contributed by atoms with van der Waals surface area (Å²) in [5.74, 6) is -1.57. The van der Waals surface area contributed by atoms with Crippen molar-refractivity contribution in [1.29, 1.82) is 0 Å². The predicted molar refractivity (Wildman–Crippen MR) is 131 cm³/mol. The van der Waals surface area contributed by atoms with Crippen LogP contribution in [0.15, 0.2) is 54.7 Å². The molecule has 1 atom stereocenters. The van der Waals surface area contributed by atoms with Crippen molar-refractivity contribution in [3.05, 3.63) is 77.2 Å². The number of nitrogens with one attached hydrogen (secondary N) is 1. The molecule has 1 unspecified atom stereocenters.